The first-order valence-electron chi connectivity index (χ1n) is 12.9. The maximum Gasteiger partial charge on any atom is 0.281 e. The van der Waals surface area contributed by atoms with E-state index in [0.29, 0.717) is 19.4 Å². The molecule has 0 radical (unpaired) electrons. The molecule has 0 spiro atoms. The number of ether oxygens (including phenoxy) is 1. The van der Waals surface area contributed by atoms with Crippen molar-refractivity contribution in [1.82, 2.24) is 9.71 Å². The maximum atomic E-state index is 13.5. The van der Waals surface area contributed by atoms with Crippen molar-refractivity contribution in [2.75, 3.05) is 6.61 Å². The average molecular weight is 593 g/mol. The molecule has 2 aromatic heterocycles. The van der Waals surface area contributed by atoms with E-state index in [0.717, 1.165) is 54.4 Å². The third-order valence-electron chi connectivity index (χ3n) is 6.81. The van der Waals surface area contributed by atoms with Crippen molar-refractivity contribution in [2.45, 2.75) is 38.5 Å². The van der Waals surface area contributed by atoms with Crippen LogP contribution >= 0.6 is 22.9 Å². The zero-order chi connectivity index (χ0) is 28.4. The summed E-state index contributed by atoms with van der Waals surface area (Å²) in [5.41, 5.74) is 5.78. The van der Waals surface area contributed by atoms with E-state index in [1.54, 1.807) is 29.5 Å². The second-order valence-electron chi connectivity index (χ2n) is 9.71. The predicted molar refractivity (Wildman–Crippen MR) is 162 cm³/mol. The van der Waals surface area contributed by atoms with Gasteiger partial charge in [0.25, 0.3) is 15.9 Å². The molecule has 0 aliphatic heterocycles. The summed E-state index contributed by atoms with van der Waals surface area (Å²) in [6, 6.07) is 19.7. The molecule has 0 saturated heterocycles. The molecule has 5 rings (SSSR count). The lowest BCUT2D eigenvalue weighted by Gasteiger charge is -2.11. The molecular weight excluding hydrogens is 564 g/mol. The number of benzene rings is 3. The number of thiophene rings is 1. The second-order valence-corrected chi connectivity index (χ2v) is 12.7. The predicted octanol–water partition coefficient (Wildman–Crippen LogP) is 7.61. The van der Waals surface area contributed by atoms with Crippen LogP contribution in [-0.4, -0.2) is 25.9 Å². The summed E-state index contributed by atoms with van der Waals surface area (Å²) in [4.78, 5) is 17.9. The van der Waals surface area contributed by atoms with Gasteiger partial charge in [0.2, 0.25) is 0 Å². The molecule has 0 aliphatic rings. The largest absolute Gasteiger partial charge is 0.494 e. The van der Waals surface area contributed by atoms with Crippen LogP contribution in [0.4, 0.5) is 0 Å². The molecule has 40 heavy (non-hydrogen) atoms. The molecule has 2 heterocycles. The number of H-pyrrole nitrogens is 1. The van der Waals surface area contributed by atoms with Crippen LogP contribution in [0.2, 0.25) is 5.02 Å². The number of aryl methyl sites for hydroxylation is 4. The number of amides is 1. The van der Waals surface area contributed by atoms with Gasteiger partial charge in [-0.1, -0.05) is 48.0 Å². The van der Waals surface area contributed by atoms with E-state index >= 15 is 0 Å². The summed E-state index contributed by atoms with van der Waals surface area (Å²) in [7, 11) is -4.05. The van der Waals surface area contributed by atoms with Crippen molar-refractivity contribution in [1.29, 1.82) is 0 Å². The molecular formula is C31H29ClN2O4S2. The van der Waals surface area contributed by atoms with Gasteiger partial charge in [0, 0.05) is 20.8 Å². The third-order valence-corrected chi connectivity index (χ3v) is 9.80. The first-order chi connectivity index (χ1) is 19.2. The van der Waals surface area contributed by atoms with Crippen molar-refractivity contribution < 1.29 is 17.9 Å². The van der Waals surface area contributed by atoms with Crippen molar-refractivity contribution in [3.8, 4) is 16.2 Å². The Morgan fingerprint density at radius 3 is 2.38 bits per heavy atom. The molecule has 206 valence electrons. The van der Waals surface area contributed by atoms with Crippen molar-refractivity contribution in [3.63, 3.8) is 0 Å². The Bertz CT molecular complexity index is 1780. The molecule has 0 bridgehead atoms. The lowest BCUT2D eigenvalue weighted by atomic mass is 10.0. The van der Waals surface area contributed by atoms with E-state index in [-0.39, 0.29) is 10.6 Å². The summed E-state index contributed by atoms with van der Waals surface area (Å²) in [6.07, 6.45) is 1.12. The molecule has 0 atom stereocenters. The van der Waals surface area contributed by atoms with Crippen LogP contribution in [0.3, 0.4) is 0 Å². The number of hydrogen-bond donors (Lipinski definition) is 2. The van der Waals surface area contributed by atoms with Crippen molar-refractivity contribution in [2.24, 2.45) is 0 Å². The molecule has 2 N–H and O–H groups in total. The number of hydrogen-bond acceptors (Lipinski definition) is 5. The minimum Gasteiger partial charge on any atom is -0.494 e. The van der Waals surface area contributed by atoms with Gasteiger partial charge in [-0.25, -0.2) is 13.1 Å². The smallest absolute Gasteiger partial charge is 0.281 e. The first kappa shape index (κ1) is 28.0. The van der Waals surface area contributed by atoms with Gasteiger partial charge < -0.3 is 9.72 Å². The van der Waals surface area contributed by atoms with E-state index in [4.69, 9.17) is 16.3 Å². The zero-order valence-corrected chi connectivity index (χ0v) is 24.8. The number of halogens is 1. The van der Waals surface area contributed by atoms with Crippen LogP contribution in [0.15, 0.2) is 77.0 Å². The van der Waals surface area contributed by atoms with E-state index < -0.39 is 15.9 Å². The molecule has 1 amide bonds. The SMILES string of the molecule is Cc1ccsc1-c1cccc2c(CCCOc3cc(C)c(Cl)c(C)c3)c(C(=O)NS(=O)(=O)c3ccccc3)[nH]c12. The molecule has 0 aliphatic carbocycles. The maximum absolute atomic E-state index is 13.5. The van der Waals surface area contributed by atoms with Crippen molar-refractivity contribution in [3.05, 3.63) is 105 Å². The van der Waals surface area contributed by atoms with Gasteiger partial charge in [0.05, 0.1) is 17.0 Å². The molecule has 0 fully saturated rings. The van der Waals surface area contributed by atoms with Gasteiger partial charge in [0.1, 0.15) is 11.4 Å². The monoisotopic (exact) mass is 592 g/mol. The summed E-state index contributed by atoms with van der Waals surface area (Å²) >= 11 is 7.91. The lowest BCUT2D eigenvalue weighted by Crippen LogP contribution is -2.31. The average Bonchev–Trinajstić information content (AvgIpc) is 3.53. The Morgan fingerprint density at radius 2 is 1.70 bits per heavy atom. The van der Waals surface area contributed by atoms with Crippen molar-refractivity contribution >= 4 is 49.8 Å². The fourth-order valence-corrected chi connectivity index (χ4v) is 6.87. The van der Waals surface area contributed by atoms with E-state index in [2.05, 4.69) is 15.8 Å². The molecule has 0 saturated carbocycles. The lowest BCUT2D eigenvalue weighted by molar-refractivity contribution is 0.0976. The Kier molecular flexibility index (Phi) is 8.03. The van der Waals surface area contributed by atoms with Crippen LogP contribution in [0, 0.1) is 20.8 Å². The number of para-hydroxylation sites is 1. The molecule has 9 heteroatoms. The highest BCUT2D eigenvalue weighted by atomic mass is 35.5. The molecule has 6 nitrogen and oxygen atoms in total. The van der Waals surface area contributed by atoms with Gasteiger partial charge >= 0.3 is 0 Å². The standard InChI is InChI=1S/C31H29ClN2O4S2/c1-19-14-16-39-30(19)26-12-7-11-24-25(13-8-15-38-22-17-20(2)27(32)21(3)18-22)29(33-28(24)26)31(35)34-40(36,37)23-9-5-4-6-10-23/h4-7,9-12,14,16-18,33H,8,13,15H2,1-3H3,(H,34,35). The summed E-state index contributed by atoms with van der Waals surface area (Å²) in [5.74, 6) is 0.0366. The Balaban J connectivity index is 1.47. The number of sulfonamides is 1. The van der Waals surface area contributed by atoms with Gasteiger partial charge in [-0.05, 0) is 91.6 Å². The summed E-state index contributed by atoms with van der Waals surface area (Å²) in [6.45, 7) is 6.34. The number of carbonyl (C=O) groups excluding carboxylic acids is 1. The van der Waals surface area contributed by atoms with Crippen LogP contribution in [0.5, 0.6) is 5.75 Å². The number of rotatable bonds is 9. The van der Waals surface area contributed by atoms with Crippen LogP contribution < -0.4 is 9.46 Å². The highest BCUT2D eigenvalue weighted by Crippen LogP contribution is 2.37. The zero-order valence-electron chi connectivity index (χ0n) is 22.4. The summed E-state index contributed by atoms with van der Waals surface area (Å²) in [5, 5.41) is 3.64. The highest BCUT2D eigenvalue weighted by molar-refractivity contribution is 7.90. The van der Waals surface area contributed by atoms with Crippen LogP contribution in [0.25, 0.3) is 21.3 Å². The van der Waals surface area contributed by atoms with Gasteiger partial charge in [-0.2, -0.15) is 0 Å². The minimum absolute atomic E-state index is 0.0258. The number of aromatic nitrogens is 1. The number of aromatic amines is 1. The second kappa shape index (κ2) is 11.5. The van der Waals surface area contributed by atoms with Crippen LogP contribution in [0.1, 0.15) is 39.2 Å². The minimum atomic E-state index is -4.05. The third kappa shape index (κ3) is 5.66. The Morgan fingerprint density at radius 1 is 0.975 bits per heavy atom. The number of nitrogens with one attached hydrogen (secondary N) is 2. The molecule has 3 aromatic carbocycles. The Labute approximate surface area is 243 Å². The van der Waals surface area contributed by atoms with E-state index in [1.165, 1.54) is 12.1 Å². The first-order valence-corrected chi connectivity index (χ1v) is 15.6. The Hall–Kier alpha value is -3.59. The van der Waals surface area contributed by atoms with Gasteiger partial charge in [-0.3, -0.25) is 4.79 Å². The topological polar surface area (TPSA) is 88.3 Å². The normalized spacial score (nSPS) is 11.6. The van der Waals surface area contributed by atoms with Gasteiger partial charge in [0.15, 0.2) is 0 Å². The number of fused-ring (bicyclic) bond motifs is 1. The fraction of sp³-hybridized carbons (Fsp3) is 0.194. The van der Waals surface area contributed by atoms with E-state index in [1.807, 2.05) is 56.5 Å². The number of carbonyl (C=O) groups is 1. The summed E-state index contributed by atoms with van der Waals surface area (Å²) < 4.78 is 34.2. The van der Waals surface area contributed by atoms with Crippen LogP contribution in [-0.2, 0) is 16.4 Å². The fourth-order valence-electron chi connectivity index (χ4n) is 4.83. The van der Waals surface area contributed by atoms with E-state index in [9.17, 15) is 13.2 Å². The van der Waals surface area contributed by atoms with Gasteiger partial charge in [-0.15, -0.1) is 11.3 Å². The highest BCUT2D eigenvalue weighted by Gasteiger charge is 2.24. The quantitative estimate of drug-likeness (QED) is 0.172. The molecule has 0 unspecified atom stereocenters. The molecule has 5 aromatic rings.